The molecule has 2 bridgehead atoms. The summed E-state index contributed by atoms with van der Waals surface area (Å²) in [5.41, 5.74) is 0. The van der Waals surface area contributed by atoms with Crippen molar-refractivity contribution < 1.29 is 13.2 Å². The van der Waals surface area contributed by atoms with Crippen LogP contribution in [0.1, 0.15) is 43.5 Å². The van der Waals surface area contributed by atoms with E-state index in [0.717, 1.165) is 28.6 Å². The van der Waals surface area contributed by atoms with E-state index in [0.29, 0.717) is 5.92 Å². The number of nitrogens with one attached hydrogen (secondary N) is 1. The molecule has 4 atom stereocenters. The van der Waals surface area contributed by atoms with Crippen LogP contribution in [0.25, 0.3) is 0 Å². The highest BCUT2D eigenvalue weighted by Crippen LogP contribution is 2.48. The first-order chi connectivity index (χ1) is 9.84. The van der Waals surface area contributed by atoms with E-state index in [2.05, 4.69) is 5.32 Å². The predicted octanol–water partition coefficient (Wildman–Crippen LogP) is 2.01. The van der Waals surface area contributed by atoms with Crippen molar-refractivity contribution >= 4 is 27.3 Å². The Kier molecular flexibility index (Phi) is 3.83. The molecule has 0 saturated heterocycles. The van der Waals surface area contributed by atoms with E-state index < -0.39 is 10.0 Å². The Morgan fingerprint density at radius 1 is 1.38 bits per heavy atom. The van der Waals surface area contributed by atoms with Gasteiger partial charge in [-0.3, -0.25) is 4.79 Å². The van der Waals surface area contributed by atoms with E-state index >= 15 is 0 Å². The maximum absolute atomic E-state index is 12.4. The fourth-order valence-corrected chi connectivity index (χ4v) is 5.43. The van der Waals surface area contributed by atoms with Crippen molar-refractivity contribution in [2.24, 2.45) is 22.9 Å². The van der Waals surface area contributed by atoms with Gasteiger partial charge in [0.15, 0.2) is 0 Å². The normalized spacial score (nSPS) is 29.5. The summed E-state index contributed by atoms with van der Waals surface area (Å²) in [6, 6.07) is 3.03. The van der Waals surface area contributed by atoms with Gasteiger partial charge in [-0.1, -0.05) is 6.42 Å². The fraction of sp³-hybridized carbons (Fsp3) is 0.643. The minimum absolute atomic E-state index is 0.111. The highest BCUT2D eigenvalue weighted by atomic mass is 32.2. The van der Waals surface area contributed by atoms with Gasteiger partial charge in [0.25, 0.3) is 0 Å². The molecule has 0 aromatic carbocycles. The fourth-order valence-electron chi connectivity index (χ4n) is 3.68. The lowest BCUT2D eigenvalue weighted by molar-refractivity contribution is -0.127. The molecule has 3 N–H and O–H groups in total. The van der Waals surface area contributed by atoms with Gasteiger partial charge in [-0.25, -0.2) is 13.6 Å². The summed E-state index contributed by atoms with van der Waals surface area (Å²) in [4.78, 5) is 13.2. The summed E-state index contributed by atoms with van der Waals surface area (Å²) in [5, 5.41) is 8.13. The van der Waals surface area contributed by atoms with Crippen LogP contribution in [-0.2, 0) is 14.8 Å². The van der Waals surface area contributed by atoms with Crippen molar-refractivity contribution in [2.45, 2.75) is 42.9 Å². The summed E-state index contributed by atoms with van der Waals surface area (Å²) in [6.07, 6.45) is 4.65. The number of hydrogen-bond donors (Lipinski definition) is 2. The van der Waals surface area contributed by atoms with Crippen molar-refractivity contribution in [3.63, 3.8) is 0 Å². The van der Waals surface area contributed by atoms with E-state index in [9.17, 15) is 13.2 Å². The highest BCUT2D eigenvalue weighted by molar-refractivity contribution is 7.91. The standard InChI is InChI=1S/C14H20N2O3S2/c1-8(12-4-5-13(20-12)21(15,18)19)16-14(17)11-7-9-2-3-10(11)6-9/h4-5,8-11H,2-3,6-7H2,1H3,(H,16,17)(H2,15,18,19). The van der Waals surface area contributed by atoms with E-state index in [-0.39, 0.29) is 22.1 Å². The summed E-state index contributed by atoms with van der Waals surface area (Å²) >= 11 is 1.12. The minimum atomic E-state index is -3.66. The van der Waals surface area contributed by atoms with Crippen LogP contribution in [-0.4, -0.2) is 14.3 Å². The first-order valence-corrected chi connectivity index (χ1v) is 9.64. The van der Waals surface area contributed by atoms with Crippen molar-refractivity contribution in [3.05, 3.63) is 17.0 Å². The topological polar surface area (TPSA) is 89.3 Å². The number of hydrogen-bond acceptors (Lipinski definition) is 4. The second-order valence-corrected chi connectivity index (χ2v) is 9.12. The number of carbonyl (C=O) groups is 1. The zero-order valence-corrected chi connectivity index (χ0v) is 13.5. The Morgan fingerprint density at radius 2 is 2.14 bits per heavy atom. The number of fused-ring (bicyclic) bond motifs is 2. The molecule has 1 aromatic rings. The third-order valence-electron chi connectivity index (χ3n) is 4.74. The summed E-state index contributed by atoms with van der Waals surface area (Å²) in [7, 11) is -3.66. The van der Waals surface area contributed by atoms with Crippen molar-refractivity contribution in [3.8, 4) is 0 Å². The van der Waals surface area contributed by atoms with E-state index in [1.807, 2.05) is 6.92 Å². The smallest absolute Gasteiger partial charge is 0.247 e. The van der Waals surface area contributed by atoms with Gasteiger partial charge in [0, 0.05) is 10.8 Å². The number of sulfonamides is 1. The molecule has 2 aliphatic carbocycles. The Bertz CT molecular complexity index is 653. The van der Waals surface area contributed by atoms with Crippen LogP contribution in [0, 0.1) is 17.8 Å². The summed E-state index contributed by atoms with van der Waals surface area (Å²) < 4.78 is 22.7. The molecule has 116 valence electrons. The Labute approximate surface area is 129 Å². The molecule has 4 unspecified atom stereocenters. The molecular weight excluding hydrogens is 308 g/mol. The molecule has 5 nitrogen and oxygen atoms in total. The molecular formula is C14H20N2O3S2. The molecule has 0 spiro atoms. The third-order valence-corrected chi connectivity index (χ3v) is 7.45. The molecule has 1 heterocycles. The van der Waals surface area contributed by atoms with E-state index in [1.54, 1.807) is 6.07 Å². The monoisotopic (exact) mass is 328 g/mol. The second-order valence-electron chi connectivity index (χ2n) is 6.21. The van der Waals surface area contributed by atoms with Crippen LogP contribution in [0.5, 0.6) is 0 Å². The Morgan fingerprint density at radius 3 is 2.67 bits per heavy atom. The molecule has 1 aromatic heterocycles. The molecule has 21 heavy (non-hydrogen) atoms. The molecule has 0 aliphatic heterocycles. The van der Waals surface area contributed by atoms with Gasteiger partial charge >= 0.3 is 0 Å². The molecule has 7 heteroatoms. The molecule has 1 amide bonds. The van der Waals surface area contributed by atoms with Gasteiger partial charge in [-0.15, -0.1) is 11.3 Å². The predicted molar refractivity (Wildman–Crippen MR) is 81.2 cm³/mol. The number of thiophene rings is 1. The van der Waals surface area contributed by atoms with Gasteiger partial charge in [-0.05, 0) is 50.2 Å². The van der Waals surface area contributed by atoms with Crippen LogP contribution in [0.3, 0.4) is 0 Å². The Hall–Kier alpha value is -0.920. The highest BCUT2D eigenvalue weighted by Gasteiger charge is 2.43. The SMILES string of the molecule is CC(NC(=O)C1CC2CCC1C2)c1ccc(S(N)(=O)=O)s1. The summed E-state index contributed by atoms with van der Waals surface area (Å²) in [6.45, 7) is 1.88. The molecule has 2 fully saturated rings. The lowest BCUT2D eigenvalue weighted by Gasteiger charge is -2.23. The third kappa shape index (κ3) is 3.00. The molecule has 2 saturated carbocycles. The average Bonchev–Trinajstić information content (AvgIpc) is 3.13. The average molecular weight is 328 g/mol. The quantitative estimate of drug-likeness (QED) is 0.886. The maximum Gasteiger partial charge on any atom is 0.247 e. The lowest BCUT2D eigenvalue weighted by Crippen LogP contribution is -2.35. The zero-order chi connectivity index (χ0) is 15.2. The Balaban J connectivity index is 1.65. The van der Waals surface area contributed by atoms with Crippen LogP contribution >= 0.6 is 11.3 Å². The minimum Gasteiger partial charge on any atom is -0.349 e. The number of carbonyl (C=O) groups excluding carboxylic acids is 1. The molecule has 2 aliphatic rings. The van der Waals surface area contributed by atoms with Crippen molar-refractivity contribution in [1.29, 1.82) is 0 Å². The van der Waals surface area contributed by atoms with Crippen LogP contribution in [0.4, 0.5) is 0 Å². The number of amides is 1. The van der Waals surface area contributed by atoms with Crippen LogP contribution in [0.15, 0.2) is 16.3 Å². The maximum atomic E-state index is 12.4. The molecule has 0 radical (unpaired) electrons. The van der Waals surface area contributed by atoms with Crippen molar-refractivity contribution in [1.82, 2.24) is 5.32 Å². The van der Waals surface area contributed by atoms with Gasteiger partial charge in [0.05, 0.1) is 6.04 Å². The zero-order valence-electron chi connectivity index (χ0n) is 11.9. The van der Waals surface area contributed by atoms with Crippen molar-refractivity contribution in [2.75, 3.05) is 0 Å². The van der Waals surface area contributed by atoms with E-state index in [1.165, 1.54) is 25.3 Å². The molecule has 3 rings (SSSR count). The van der Waals surface area contributed by atoms with Crippen LogP contribution in [0.2, 0.25) is 0 Å². The van der Waals surface area contributed by atoms with Gasteiger partial charge < -0.3 is 5.32 Å². The van der Waals surface area contributed by atoms with Gasteiger partial charge in [-0.2, -0.15) is 0 Å². The summed E-state index contributed by atoms with van der Waals surface area (Å²) in [5.74, 6) is 1.53. The number of rotatable bonds is 4. The van der Waals surface area contributed by atoms with E-state index in [4.69, 9.17) is 5.14 Å². The first kappa shape index (κ1) is 15.0. The lowest BCUT2D eigenvalue weighted by atomic mass is 9.88. The second kappa shape index (κ2) is 5.37. The van der Waals surface area contributed by atoms with Gasteiger partial charge in [0.2, 0.25) is 15.9 Å². The number of nitrogens with two attached hydrogens (primary N) is 1. The number of primary sulfonamides is 1. The van der Waals surface area contributed by atoms with Crippen LogP contribution < -0.4 is 10.5 Å². The largest absolute Gasteiger partial charge is 0.349 e. The van der Waals surface area contributed by atoms with Gasteiger partial charge in [0.1, 0.15) is 4.21 Å². The first-order valence-electron chi connectivity index (χ1n) is 7.27.